The lowest BCUT2D eigenvalue weighted by Crippen LogP contribution is -2.40. The first-order valence-electron chi connectivity index (χ1n) is 23.4. The first-order chi connectivity index (χ1) is 29.2. The van der Waals surface area contributed by atoms with Crippen LogP contribution in [0, 0.1) is 64.2 Å². The zero-order valence-corrected chi connectivity index (χ0v) is 42.6. The molecule has 4 N–H and O–H groups in total. The third-order valence-corrected chi connectivity index (χ3v) is 12.6. The van der Waals surface area contributed by atoms with Crippen molar-refractivity contribution in [3.8, 4) is 0 Å². The van der Waals surface area contributed by atoms with Gasteiger partial charge in [-0.25, -0.2) is 10.3 Å². The molecular formula is C48H92N7O8+. The minimum atomic E-state index is -0.588. The van der Waals surface area contributed by atoms with Gasteiger partial charge in [0.15, 0.2) is 0 Å². The Balaban J connectivity index is 0. The second-order valence-electron chi connectivity index (χ2n) is 19.7. The summed E-state index contributed by atoms with van der Waals surface area (Å²) in [5.41, 5.74) is 10.5. The number of hydrogen-bond acceptors (Lipinski definition) is 13. The lowest BCUT2D eigenvalue weighted by Gasteiger charge is -2.38. The van der Waals surface area contributed by atoms with Gasteiger partial charge in [0, 0.05) is 25.6 Å². The maximum Gasteiger partial charge on any atom is 0.362 e. The highest BCUT2D eigenvalue weighted by molar-refractivity contribution is 6.06. The number of carbonyl (C=O) groups excluding carboxylic acids is 6. The highest BCUT2D eigenvalue weighted by atomic mass is 16.6. The Morgan fingerprint density at radius 1 is 0.683 bits per heavy atom. The van der Waals surface area contributed by atoms with E-state index < -0.39 is 46.9 Å². The Kier molecular flexibility index (Phi) is 29.5. The summed E-state index contributed by atoms with van der Waals surface area (Å²) in [6.45, 7) is 31.9. The van der Waals surface area contributed by atoms with Crippen molar-refractivity contribution >= 4 is 35.6 Å². The molecule has 3 aliphatic heterocycles. The lowest BCUT2D eigenvalue weighted by atomic mass is 9.63. The Morgan fingerprint density at radius 2 is 1.13 bits per heavy atom. The maximum atomic E-state index is 13.6. The number of aliphatic hydroxyl groups excluding tert-OH is 1. The van der Waals surface area contributed by atoms with Crippen LogP contribution in [-0.2, 0) is 33.5 Å². The number of nitrogens with one attached hydrogen (secondary N) is 1. The summed E-state index contributed by atoms with van der Waals surface area (Å²) in [6, 6.07) is 0. The van der Waals surface area contributed by atoms with Crippen LogP contribution in [0.2, 0.25) is 0 Å². The van der Waals surface area contributed by atoms with Gasteiger partial charge < -0.3 is 25.4 Å². The predicted octanol–water partition coefficient (Wildman–Crippen LogP) is 7.10. The molecule has 15 nitrogen and oxygen atoms in total. The highest BCUT2D eigenvalue weighted by Crippen LogP contribution is 2.50. The van der Waals surface area contributed by atoms with Crippen LogP contribution in [0.15, 0.2) is 5.11 Å². The van der Waals surface area contributed by atoms with Gasteiger partial charge in [-0.05, 0) is 110 Å². The SMILES string of the molecule is CCCCN.CCCCN1C(=O)C(C)C(C(C)(C)CC2C(=O)N(CCCN(C)C)C(=O)C2C(C)(C)CC)C1=O.CCO.CN(C)CCCN=N.[CH2+]C1C(=O)OC(=O)C1C(C)(C)CC. The van der Waals surface area contributed by atoms with Gasteiger partial charge in [0.1, 0.15) is 5.92 Å². The normalized spacial score (nSPS) is 22.5. The molecule has 366 valence electrons. The number of nitrogens with two attached hydrogens (primary N) is 1. The molecule has 0 bridgehead atoms. The van der Waals surface area contributed by atoms with Gasteiger partial charge in [0.05, 0.1) is 31.2 Å². The van der Waals surface area contributed by atoms with Crippen molar-refractivity contribution in [2.24, 2.45) is 62.6 Å². The molecule has 3 heterocycles. The van der Waals surface area contributed by atoms with Gasteiger partial charge in [-0.1, -0.05) is 95.4 Å². The molecule has 0 spiro atoms. The van der Waals surface area contributed by atoms with Crippen molar-refractivity contribution < 1.29 is 38.6 Å². The Morgan fingerprint density at radius 3 is 1.52 bits per heavy atom. The molecule has 0 aromatic heterocycles. The Bertz CT molecular complexity index is 1410. The minimum absolute atomic E-state index is 0.0807. The highest BCUT2D eigenvalue weighted by Gasteiger charge is 2.58. The van der Waals surface area contributed by atoms with E-state index in [-0.39, 0.29) is 47.0 Å². The molecule has 15 heteroatoms. The van der Waals surface area contributed by atoms with Crippen molar-refractivity contribution in [1.82, 2.24) is 19.6 Å². The predicted molar refractivity (Wildman–Crippen MR) is 251 cm³/mol. The van der Waals surface area contributed by atoms with E-state index in [0.29, 0.717) is 26.1 Å². The molecule has 3 saturated heterocycles. The maximum absolute atomic E-state index is 13.6. The number of imide groups is 2. The van der Waals surface area contributed by atoms with Crippen LogP contribution in [0.4, 0.5) is 0 Å². The Hall–Kier alpha value is -3.27. The minimum Gasteiger partial charge on any atom is -0.397 e. The van der Waals surface area contributed by atoms with Crippen molar-refractivity contribution in [3.63, 3.8) is 0 Å². The van der Waals surface area contributed by atoms with Crippen molar-refractivity contribution in [1.29, 1.82) is 5.53 Å². The van der Waals surface area contributed by atoms with E-state index in [9.17, 15) is 28.8 Å². The van der Waals surface area contributed by atoms with Crippen LogP contribution in [0.25, 0.3) is 0 Å². The fraction of sp³-hybridized carbons (Fsp3) is 0.854. The fourth-order valence-corrected chi connectivity index (χ4v) is 8.27. The third kappa shape index (κ3) is 19.4. The van der Waals surface area contributed by atoms with Crippen molar-refractivity contribution in [2.45, 2.75) is 141 Å². The summed E-state index contributed by atoms with van der Waals surface area (Å²) >= 11 is 0. The molecule has 3 fully saturated rings. The molecule has 0 saturated carbocycles. The average Bonchev–Trinajstić information content (AvgIpc) is 3.69. The number of amides is 4. The second kappa shape index (κ2) is 30.0. The third-order valence-electron chi connectivity index (χ3n) is 12.6. The number of esters is 2. The number of rotatable bonds is 20. The van der Waals surface area contributed by atoms with Crippen molar-refractivity contribution in [2.75, 3.05) is 74.1 Å². The summed E-state index contributed by atoms with van der Waals surface area (Å²) < 4.78 is 4.53. The van der Waals surface area contributed by atoms with E-state index in [1.807, 2.05) is 81.6 Å². The van der Waals surface area contributed by atoms with Gasteiger partial charge in [0.25, 0.3) is 0 Å². The average molecular weight is 895 g/mol. The molecule has 0 aromatic rings. The van der Waals surface area contributed by atoms with Gasteiger partial charge in [-0.3, -0.25) is 33.8 Å². The van der Waals surface area contributed by atoms with Crippen LogP contribution < -0.4 is 5.73 Å². The van der Waals surface area contributed by atoms with E-state index >= 15 is 0 Å². The summed E-state index contributed by atoms with van der Waals surface area (Å²) in [7, 11) is 7.99. The molecule has 4 amide bonds. The zero-order chi connectivity index (χ0) is 49.5. The number of ether oxygens (including phenoxy) is 1. The summed E-state index contributed by atoms with van der Waals surface area (Å²) in [5.74, 6) is -4.05. The van der Waals surface area contributed by atoms with E-state index in [1.165, 1.54) is 22.6 Å². The largest absolute Gasteiger partial charge is 0.397 e. The van der Waals surface area contributed by atoms with Crippen LogP contribution in [0.3, 0.4) is 0 Å². The van der Waals surface area contributed by atoms with E-state index in [0.717, 1.165) is 58.2 Å². The molecular weight excluding hydrogens is 803 g/mol. The molecule has 63 heavy (non-hydrogen) atoms. The van der Waals surface area contributed by atoms with Gasteiger partial charge in [0.2, 0.25) is 29.5 Å². The van der Waals surface area contributed by atoms with Crippen LogP contribution in [-0.4, -0.2) is 134 Å². The molecule has 6 unspecified atom stereocenters. The lowest BCUT2D eigenvalue weighted by molar-refractivity contribution is -0.154. The first kappa shape index (κ1) is 61.8. The van der Waals surface area contributed by atoms with Crippen LogP contribution in [0.1, 0.15) is 141 Å². The summed E-state index contributed by atoms with van der Waals surface area (Å²) in [5, 5.41) is 10.8. The van der Waals surface area contributed by atoms with Crippen molar-refractivity contribution in [3.05, 3.63) is 6.92 Å². The molecule has 3 aliphatic rings. The summed E-state index contributed by atoms with van der Waals surface area (Å²) in [6.07, 6.45) is 7.85. The first-order valence-corrected chi connectivity index (χ1v) is 23.4. The number of aliphatic hydroxyl groups is 1. The standard InChI is InChI=1S/C27H47N3O4.C10H15O3.C5H13N3.C4H11N.C2H6O/c1-10-12-15-29-22(31)18(3)20(24(29)33)27(6,7)17-19-21(26(4,5)11-2)25(34)30(23(19)32)16-13-14-28(8)9;1-5-10(3,4)7-6(2)8(11)13-9(7)12;1-8(2)5-3-4-7-6;1-2-3-4-5;1-2-3/h18-21H,10-17H2,1-9H3;6-7H,2,5H2,1,3-4H3;6H,3-5H2,1-2H3;2-5H2,1H3;3H,2H2,1H3/q;+1;;;. The number of hydrogen-bond donors (Lipinski definition) is 3. The van der Waals surface area contributed by atoms with Gasteiger partial charge in [-0.2, -0.15) is 5.11 Å². The number of carbonyl (C=O) groups is 6. The number of nitrogens with zero attached hydrogens (tertiary/aromatic N) is 5. The molecule has 0 aliphatic carbocycles. The monoisotopic (exact) mass is 895 g/mol. The Labute approximate surface area is 382 Å². The van der Waals surface area contributed by atoms with Crippen LogP contribution >= 0.6 is 0 Å². The van der Waals surface area contributed by atoms with Gasteiger partial charge >= 0.3 is 11.9 Å². The molecule has 3 rings (SSSR count). The smallest absolute Gasteiger partial charge is 0.362 e. The van der Waals surface area contributed by atoms with Gasteiger partial charge in [-0.15, -0.1) is 0 Å². The van der Waals surface area contributed by atoms with Crippen LogP contribution in [0.5, 0.6) is 0 Å². The molecule has 0 radical (unpaired) electrons. The zero-order valence-electron chi connectivity index (χ0n) is 42.6. The summed E-state index contributed by atoms with van der Waals surface area (Å²) in [4.78, 5) is 82.8. The topological polar surface area (TPSA) is 207 Å². The quantitative estimate of drug-likeness (QED) is 0.0281. The molecule has 0 aromatic carbocycles. The second-order valence-corrected chi connectivity index (χ2v) is 19.7. The number of unbranched alkanes of at least 4 members (excludes halogenated alkanes) is 2. The molecule has 6 atom stereocenters. The van der Waals surface area contributed by atoms with E-state index in [2.05, 4.69) is 49.4 Å². The number of likely N-dealkylation sites (tertiary alicyclic amines) is 2. The van der Waals surface area contributed by atoms with E-state index in [1.54, 1.807) is 6.92 Å². The number of cyclic esters (lactones) is 2. The van der Waals surface area contributed by atoms with E-state index in [4.69, 9.17) is 16.4 Å². The fourth-order valence-electron chi connectivity index (χ4n) is 8.27.